The van der Waals surface area contributed by atoms with Crippen molar-refractivity contribution in [3.63, 3.8) is 0 Å². The molecular weight excluding hydrogens is 289 g/mol. The Balaban J connectivity index is 3.21. The topological polar surface area (TPSA) is 55.6 Å². The fourth-order valence-corrected chi connectivity index (χ4v) is 1.95. The van der Waals surface area contributed by atoms with Crippen molar-refractivity contribution in [1.29, 1.82) is 0 Å². The van der Waals surface area contributed by atoms with Gasteiger partial charge in [0, 0.05) is 32.0 Å². The summed E-state index contributed by atoms with van der Waals surface area (Å²) in [7, 11) is 1.50. The first kappa shape index (κ1) is 17.2. The lowest BCUT2D eigenvalue weighted by molar-refractivity contribution is -0.388. The van der Waals surface area contributed by atoms with Gasteiger partial charge in [0.25, 0.3) is 5.69 Å². The molecule has 0 N–H and O–H groups in total. The zero-order valence-corrected chi connectivity index (χ0v) is 11.8. The van der Waals surface area contributed by atoms with Crippen LogP contribution in [0.15, 0.2) is 18.2 Å². The summed E-state index contributed by atoms with van der Waals surface area (Å²) < 4.78 is 43.8. The highest BCUT2D eigenvalue weighted by atomic mass is 19.4. The zero-order valence-electron chi connectivity index (χ0n) is 11.8. The molecule has 1 aromatic carbocycles. The van der Waals surface area contributed by atoms with E-state index in [0.29, 0.717) is 25.4 Å². The molecule has 8 heteroatoms. The normalized spacial score (nSPS) is 11.5. The van der Waals surface area contributed by atoms with Crippen LogP contribution in [0.5, 0.6) is 0 Å². The van der Waals surface area contributed by atoms with Gasteiger partial charge in [-0.05, 0) is 18.6 Å². The SMILES string of the molecule is CCCN(CCOC)c1ccc([N+](=O)[O-])c(C(F)(F)F)c1. The van der Waals surface area contributed by atoms with Crippen molar-refractivity contribution in [3.05, 3.63) is 33.9 Å². The molecule has 0 saturated heterocycles. The molecule has 0 aromatic heterocycles. The summed E-state index contributed by atoms with van der Waals surface area (Å²) in [5, 5.41) is 10.7. The van der Waals surface area contributed by atoms with Gasteiger partial charge in [0.1, 0.15) is 5.56 Å². The summed E-state index contributed by atoms with van der Waals surface area (Å²) in [5.74, 6) is 0. The number of benzene rings is 1. The van der Waals surface area contributed by atoms with E-state index in [0.717, 1.165) is 18.6 Å². The molecule has 0 spiro atoms. The van der Waals surface area contributed by atoms with Crippen molar-refractivity contribution in [2.45, 2.75) is 19.5 Å². The first-order valence-corrected chi connectivity index (χ1v) is 6.40. The van der Waals surface area contributed by atoms with E-state index in [2.05, 4.69) is 0 Å². The van der Waals surface area contributed by atoms with Gasteiger partial charge in [-0.15, -0.1) is 0 Å². The Kier molecular flexibility index (Phi) is 5.95. The van der Waals surface area contributed by atoms with Gasteiger partial charge in [0.05, 0.1) is 11.5 Å². The van der Waals surface area contributed by atoms with Crippen LogP contribution in [0.1, 0.15) is 18.9 Å². The predicted molar refractivity (Wildman–Crippen MR) is 72.5 cm³/mol. The molecule has 1 rings (SSSR count). The third-order valence-electron chi connectivity index (χ3n) is 2.91. The third kappa shape index (κ3) is 4.59. The molecule has 0 atom stereocenters. The number of ether oxygens (including phenoxy) is 1. The molecule has 118 valence electrons. The maximum atomic E-state index is 12.9. The molecule has 0 bridgehead atoms. The number of nitro benzene ring substituents is 1. The highest BCUT2D eigenvalue weighted by Crippen LogP contribution is 2.38. The van der Waals surface area contributed by atoms with E-state index in [-0.39, 0.29) is 0 Å². The van der Waals surface area contributed by atoms with Crippen molar-refractivity contribution >= 4 is 11.4 Å². The minimum Gasteiger partial charge on any atom is -0.383 e. The van der Waals surface area contributed by atoms with Crippen molar-refractivity contribution in [2.24, 2.45) is 0 Å². The number of hydrogen-bond donors (Lipinski definition) is 0. The maximum absolute atomic E-state index is 12.9. The fraction of sp³-hybridized carbons (Fsp3) is 0.538. The maximum Gasteiger partial charge on any atom is 0.423 e. The largest absolute Gasteiger partial charge is 0.423 e. The molecule has 0 aliphatic heterocycles. The van der Waals surface area contributed by atoms with Crippen LogP contribution >= 0.6 is 0 Å². The van der Waals surface area contributed by atoms with Crippen LogP contribution in [-0.4, -0.2) is 31.7 Å². The number of rotatable bonds is 7. The monoisotopic (exact) mass is 306 g/mol. The minimum absolute atomic E-state index is 0.298. The number of nitro groups is 1. The molecule has 0 aliphatic carbocycles. The predicted octanol–water partition coefficient (Wildman–Crippen LogP) is 3.48. The molecular formula is C13H17F3N2O3. The highest BCUT2D eigenvalue weighted by Gasteiger charge is 2.38. The lowest BCUT2D eigenvalue weighted by Crippen LogP contribution is -2.28. The molecule has 1 aromatic rings. The summed E-state index contributed by atoms with van der Waals surface area (Å²) >= 11 is 0. The molecule has 0 amide bonds. The van der Waals surface area contributed by atoms with E-state index in [1.807, 2.05) is 6.92 Å². The van der Waals surface area contributed by atoms with Gasteiger partial charge < -0.3 is 9.64 Å². The van der Waals surface area contributed by atoms with Gasteiger partial charge in [-0.3, -0.25) is 10.1 Å². The van der Waals surface area contributed by atoms with Crippen molar-refractivity contribution in [2.75, 3.05) is 31.7 Å². The first-order chi connectivity index (χ1) is 9.81. The summed E-state index contributed by atoms with van der Waals surface area (Å²) in [4.78, 5) is 11.4. The number of alkyl halides is 3. The van der Waals surface area contributed by atoms with Gasteiger partial charge >= 0.3 is 6.18 Å². The van der Waals surface area contributed by atoms with Gasteiger partial charge in [-0.25, -0.2) is 0 Å². The van der Waals surface area contributed by atoms with Crippen LogP contribution in [0.4, 0.5) is 24.5 Å². The Morgan fingerprint density at radius 2 is 2.00 bits per heavy atom. The van der Waals surface area contributed by atoms with E-state index in [1.54, 1.807) is 4.90 Å². The Hall–Kier alpha value is -1.83. The summed E-state index contributed by atoms with van der Waals surface area (Å²) in [6.07, 6.45) is -4.03. The number of methoxy groups -OCH3 is 1. The number of halogens is 3. The van der Waals surface area contributed by atoms with Crippen LogP contribution in [0.25, 0.3) is 0 Å². The Labute approximate surface area is 120 Å². The molecule has 21 heavy (non-hydrogen) atoms. The first-order valence-electron chi connectivity index (χ1n) is 6.40. The summed E-state index contributed by atoms with van der Waals surface area (Å²) in [6, 6.07) is 3.05. The van der Waals surface area contributed by atoms with Gasteiger partial charge in [-0.2, -0.15) is 13.2 Å². The Morgan fingerprint density at radius 3 is 2.48 bits per heavy atom. The van der Waals surface area contributed by atoms with Crippen LogP contribution in [0.3, 0.4) is 0 Å². The van der Waals surface area contributed by atoms with E-state index >= 15 is 0 Å². The molecule has 5 nitrogen and oxygen atoms in total. The van der Waals surface area contributed by atoms with Crippen LogP contribution in [0.2, 0.25) is 0 Å². The minimum atomic E-state index is -4.77. The standard InChI is InChI=1S/C13H17F3N2O3/c1-3-6-17(7-8-21-2)10-4-5-12(18(19)20)11(9-10)13(14,15)16/h4-5,9H,3,6-8H2,1-2H3. The fourth-order valence-electron chi connectivity index (χ4n) is 1.95. The smallest absolute Gasteiger partial charge is 0.383 e. The Bertz CT molecular complexity index is 492. The van der Waals surface area contributed by atoms with E-state index in [4.69, 9.17) is 4.74 Å². The number of hydrogen-bond acceptors (Lipinski definition) is 4. The molecule has 0 saturated carbocycles. The second-order valence-corrected chi connectivity index (χ2v) is 4.44. The molecule has 0 fully saturated rings. The number of nitrogens with zero attached hydrogens (tertiary/aromatic N) is 2. The average Bonchev–Trinajstić information content (AvgIpc) is 2.41. The van der Waals surface area contributed by atoms with Crippen molar-refractivity contribution in [1.82, 2.24) is 0 Å². The second kappa shape index (κ2) is 7.26. The lowest BCUT2D eigenvalue weighted by Gasteiger charge is -2.24. The summed E-state index contributed by atoms with van der Waals surface area (Å²) in [6.45, 7) is 3.21. The number of anilines is 1. The Morgan fingerprint density at radius 1 is 1.33 bits per heavy atom. The van der Waals surface area contributed by atoms with Crippen molar-refractivity contribution in [3.8, 4) is 0 Å². The highest BCUT2D eigenvalue weighted by molar-refractivity contribution is 5.56. The van der Waals surface area contributed by atoms with Crippen molar-refractivity contribution < 1.29 is 22.8 Å². The quantitative estimate of drug-likeness (QED) is 0.571. The third-order valence-corrected chi connectivity index (χ3v) is 2.91. The van der Waals surface area contributed by atoms with Gasteiger partial charge in [-0.1, -0.05) is 6.92 Å². The molecule has 0 radical (unpaired) electrons. The molecule has 0 unspecified atom stereocenters. The van der Waals surface area contributed by atoms with Crippen LogP contribution in [0, 0.1) is 10.1 Å². The molecule has 0 aliphatic rings. The van der Waals surface area contributed by atoms with Gasteiger partial charge in [0.2, 0.25) is 0 Å². The van der Waals surface area contributed by atoms with Crippen LogP contribution < -0.4 is 4.90 Å². The summed E-state index contributed by atoms with van der Waals surface area (Å²) in [5.41, 5.74) is -1.87. The zero-order chi connectivity index (χ0) is 16.0. The van der Waals surface area contributed by atoms with Gasteiger partial charge in [0.15, 0.2) is 0 Å². The van der Waals surface area contributed by atoms with Crippen LogP contribution in [-0.2, 0) is 10.9 Å². The van der Waals surface area contributed by atoms with E-state index < -0.39 is 22.4 Å². The van der Waals surface area contributed by atoms with E-state index in [1.165, 1.54) is 13.2 Å². The van der Waals surface area contributed by atoms with E-state index in [9.17, 15) is 23.3 Å². The average molecular weight is 306 g/mol. The second-order valence-electron chi connectivity index (χ2n) is 4.44. The molecule has 0 heterocycles. The lowest BCUT2D eigenvalue weighted by atomic mass is 10.1.